The Kier molecular flexibility index (Phi) is 6.86. The molecule has 3 heterocycles. The van der Waals surface area contributed by atoms with Crippen LogP contribution in [0.1, 0.15) is 52.0 Å². The number of hydrogen-bond acceptors (Lipinski definition) is 5. The van der Waals surface area contributed by atoms with E-state index in [0.717, 1.165) is 36.9 Å². The topological polar surface area (TPSA) is 72.0 Å². The van der Waals surface area contributed by atoms with Crippen molar-refractivity contribution >= 4 is 17.9 Å². The van der Waals surface area contributed by atoms with Gasteiger partial charge < -0.3 is 14.4 Å². The maximum absolute atomic E-state index is 13.0. The number of rotatable bonds is 5. The first-order chi connectivity index (χ1) is 15.8. The van der Waals surface area contributed by atoms with E-state index in [9.17, 15) is 9.59 Å². The number of carbonyl (C=O) groups is 2. The van der Waals surface area contributed by atoms with Crippen LogP contribution in [0.25, 0.3) is 0 Å². The molecule has 0 aliphatic carbocycles. The molecule has 2 amide bonds. The van der Waals surface area contributed by atoms with Crippen LogP contribution in [-0.2, 0) is 16.1 Å². The van der Waals surface area contributed by atoms with Gasteiger partial charge in [0.15, 0.2) is 0 Å². The summed E-state index contributed by atoms with van der Waals surface area (Å²) in [6.07, 6.45) is 6.42. The molecule has 2 fully saturated rings. The Morgan fingerprint density at radius 2 is 1.67 bits per heavy atom. The summed E-state index contributed by atoms with van der Waals surface area (Å²) in [5, 5.41) is 0. The summed E-state index contributed by atoms with van der Waals surface area (Å²) in [4.78, 5) is 33.6. The highest BCUT2D eigenvalue weighted by molar-refractivity contribution is 5.87. The fourth-order valence-corrected chi connectivity index (χ4v) is 4.92. The lowest BCUT2D eigenvalue weighted by atomic mass is 9.90. The van der Waals surface area contributed by atoms with Crippen molar-refractivity contribution in [3.05, 3.63) is 60.4 Å². The molecule has 33 heavy (non-hydrogen) atoms. The van der Waals surface area contributed by atoms with E-state index in [-0.39, 0.29) is 36.8 Å². The molecule has 2 saturated heterocycles. The van der Waals surface area contributed by atoms with Crippen LogP contribution in [-0.4, -0.2) is 46.3 Å². The summed E-state index contributed by atoms with van der Waals surface area (Å²) in [5.41, 5.74) is 1.18. The molecule has 0 saturated carbocycles. The zero-order valence-corrected chi connectivity index (χ0v) is 19.6. The van der Waals surface area contributed by atoms with E-state index in [1.807, 2.05) is 68.1 Å². The summed E-state index contributed by atoms with van der Waals surface area (Å²) < 4.78 is 11.3. The van der Waals surface area contributed by atoms with Gasteiger partial charge in [-0.1, -0.05) is 30.3 Å². The molecule has 1 aromatic heterocycles. The maximum Gasteiger partial charge on any atom is 0.414 e. The van der Waals surface area contributed by atoms with Crippen molar-refractivity contribution < 1.29 is 19.1 Å². The van der Waals surface area contributed by atoms with Crippen LogP contribution in [0.5, 0.6) is 0 Å². The Morgan fingerprint density at radius 3 is 2.27 bits per heavy atom. The molecule has 0 radical (unpaired) electrons. The number of amides is 2. The van der Waals surface area contributed by atoms with E-state index in [0.29, 0.717) is 6.54 Å². The van der Waals surface area contributed by atoms with Gasteiger partial charge in [0.2, 0.25) is 0 Å². The Hall–Kier alpha value is -3.09. The third-order valence-electron chi connectivity index (χ3n) is 6.28. The molecule has 2 aliphatic rings. The minimum atomic E-state index is -0.576. The number of carbonyl (C=O) groups excluding carboxylic acids is 2. The largest absolute Gasteiger partial charge is 0.445 e. The smallest absolute Gasteiger partial charge is 0.414 e. The molecule has 3 atom stereocenters. The lowest BCUT2D eigenvalue weighted by Gasteiger charge is -2.40. The van der Waals surface area contributed by atoms with Gasteiger partial charge in [0.05, 0.1) is 5.69 Å². The van der Waals surface area contributed by atoms with Gasteiger partial charge in [-0.25, -0.2) is 9.59 Å². The Balaban J connectivity index is 1.40. The molecule has 176 valence electrons. The van der Waals surface area contributed by atoms with Crippen LogP contribution in [0.15, 0.2) is 54.9 Å². The summed E-state index contributed by atoms with van der Waals surface area (Å²) >= 11 is 0. The number of anilines is 1. The SMILES string of the molecule is CC(C)(C)OC(=O)N(CC1C[C@H]2CC[C@@H](C1)N2C(=O)OCc1ccccc1)c1ccncc1. The monoisotopic (exact) mass is 451 g/mol. The standard InChI is InChI=1S/C26H33N3O4/c1-26(2,3)33-24(30)28(21-11-13-27-14-12-21)17-20-15-22-9-10-23(16-20)29(22)25(31)32-18-19-7-5-4-6-8-19/h4-8,11-14,20,22-23H,9-10,15-18H2,1-3H3/t20?,22-,23+. The summed E-state index contributed by atoms with van der Waals surface area (Å²) in [7, 11) is 0. The van der Waals surface area contributed by atoms with E-state index in [4.69, 9.17) is 9.47 Å². The maximum atomic E-state index is 13.0. The van der Waals surface area contributed by atoms with Gasteiger partial charge in [-0.15, -0.1) is 0 Å². The number of benzene rings is 1. The fraction of sp³-hybridized carbons (Fsp3) is 0.500. The van der Waals surface area contributed by atoms with Gasteiger partial charge >= 0.3 is 12.2 Å². The third kappa shape index (κ3) is 5.83. The molecule has 4 rings (SSSR count). The van der Waals surface area contributed by atoms with Gasteiger partial charge in [-0.05, 0) is 70.1 Å². The number of ether oxygens (including phenoxy) is 2. The molecule has 0 N–H and O–H groups in total. The summed E-state index contributed by atoms with van der Waals surface area (Å²) in [5.74, 6) is 0.279. The van der Waals surface area contributed by atoms with Crippen molar-refractivity contribution in [3.63, 3.8) is 0 Å². The Bertz CT molecular complexity index is 931. The molecule has 1 unspecified atom stereocenters. The molecular formula is C26H33N3O4. The normalized spacial score (nSPS) is 22.0. The van der Waals surface area contributed by atoms with E-state index < -0.39 is 5.60 Å². The first-order valence-corrected chi connectivity index (χ1v) is 11.7. The first-order valence-electron chi connectivity index (χ1n) is 11.7. The molecule has 2 aromatic rings. The predicted octanol–water partition coefficient (Wildman–Crippen LogP) is 5.40. The molecule has 7 nitrogen and oxygen atoms in total. The van der Waals surface area contributed by atoms with E-state index in [2.05, 4.69) is 4.98 Å². The highest BCUT2D eigenvalue weighted by Crippen LogP contribution is 2.40. The average Bonchev–Trinajstić information content (AvgIpc) is 3.06. The number of aromatic nitrogens is 1. The fourth-order valence-electron chi connectivity index (χ4n) is 4.92. The predicted molar refractivity (Wildman–Crippen MR) is 126 cm³/mol. The molecular weight excluding hydrogens is 418 g/mol. The zero-order valence-electron chi connectivity index (χ0n) is 19.6. The molecule has 7 heteroatoms. The molecule has 1 aromatic carbocycles. The Morgan fingerprint density at radius 1 is 1.03 bits per heavy atom. The van der Waals surface area contributed by atoms with Gasteiger partial charge in [-0.3, -0.25) is 9.88 Å². The van der Waals surface area contributed by atoms with Gasteiger partial charge in [-0.2, -0.15) is 0 Å². The van der Waals surface area contributed by atoms with Crippen molar-refractivity contribution in [1.29, 1.82) is 0 Å². The van der Waals surface area contributed by atoms with Crippen LogP contribution in [0.4, 0.5) is 15.3 Å². The van der Waals surface area contributed by atoms with Crippen molar-refractivity contribution in [2.75, 3.05) is 11.4 Å². The van der Waals surface area contributed by atoms with Crippen molar-refractivity contribution in [2.45, 2.75) is 70.7 Å². The Labute approximate surface area is 195 Å². The molecule has 2 aliphatic heterocycles. The first kappa shape index (κ1) is 23.1. The van der Waals surface area contributed by atoms with Crippen molar-refractivity contribution in [2.24, 2.45) is 5.92 Å². The minimum Gasteiger partial charge on any atom is -0.445 e. The van der Waals surface area contributed by atoms with Gasteiger partial charge in [0.25, 0.3) is 0 Å². The highest BCUT2D eigenvalue weighted by atomic mass is 16.6. The lowest BCUT2D eigenvalue weighted by Crippen LogP contribution is -2.49. The summed E-state index contributed by atoms with van der Waals surface area (Å²) in [6.45, 7) is 6.45. The molecule has 0 spiro atoms. The van der Waals surface area contributed by atoms with Crippen LogP contribution in [0.3, 0.4) is 0 Å². The highest BCUT2D eigenvalue weighted by Gasteiger charge is 2.44. The number of nitrogens with zero attached hydrogens (tertiary/aromatic N) is 3. The van der Waals surface area contributed by atoms with Crippen molar-refractivity contribution in [3.8, 4) is 0 Å². The number of hydrogen-bond donors (Lipinski definition) is 0. The average molecular weight is 452 g/mol. The quantitative estimate of drug-likeness (QED) is 0.608. The van der Waals surface area contributed by atoms with E-state index in [1.54, 1.807) is 17.3 Å². The van der Waals surface area contributed by atoms with Gasteiger partial charge in [0.1, 0.15) is 12.2 Å². The van der Waals surface area contributed by atoms with Crippen LogP contribution >= 0.6 is 0 Å². The van der Waals surface area contributed by atoms with Crippen molar-refractivity contribution in [1.82, 2.24) is 9.88 Å². The second kappa shape index (κ2) is 9.81. The summed E-state index contributed by atoms with van der Waals surface area (Å²) in [6, 6.07) is 13.7. The van der Waals surface area contributed by atoms with Crippen LogP contribution in [0, 0.1) is 5.92 Å². The number of fused-ring (bicyclic) bond motifs is 2. The minimum absolute atomic E-state index is 0.148. The second-order valence-corrected chi connectivity index (χ2v) is 9.97. The molecule has 2 bridgehead atoms. The third-order valence-corrected chi connectivity index (χ3v) is 6.28. The number of pyridine rings is 1. The van der Waals surface area contributed by atoms with Crippen LogP contribution in [0.2, 0.25) is 0 Å². The van der Waals surface area contributed by atoms with Crippen LogP contribution < -0.4 is 4.90 Å². The van der Waals surface area contributed by atoms with Gasteiger partial charge in [0, 0.05) is 31.0 Å². The lowest BCUT2D eigenvalue weighted by molar-refractivity contribution is 0.0480. The second-order valence-electron chi connectivity index (χ2n) is 9.97. The van der Waals surface area contributed by atoms with E-state index >= 15 is 0 Å². The van der Waals surface area contributed by atoms with E-state index in [1.165, 1.54) is 0 Å². The zero-order chi connectivity index (χ0) is 23.4. The number of piperidine rings is 1.